The van der Waals surface area contributed by atoms with Crippen LogP contribution in [0.25, 0.3) is 11.6 Å². The van der Waals surface area contributed by atoms with Gasteiger partial charge < -0.3 is 4.90 Å². The second-order valence-corrected chi connectivity index (χ2v) is 7.02. The zero-order chi connectivity index (χ0) is 20.2. The van der Waals surface area contributed by atoms with Crippen molar-refractivity contribution in [3.63, 3.8) is 0 Å². The van der Waals surface area contributed by atoms with Crippen molar-refractivity contribution >= 4 is 23.2 Å². The van der Waals surface area contributed by atoms with Crippen molar-refractivity contribution in [2.75, 3.05) is 6.54 Å². The Morgan fingerprint density at radius 2 is 1.55 bits per heavy atom. The molecule has 3 aromatic carbocycles. The monoisotopic (exact) mass is 384 g/mol. The van der Waals surface area contributed by atoms with Crippen LogP contribution in [0, 0.1) is 10.1 Å². The molecule has 0 spiro atoms. The third-order valence-corrected chi connectivity index (χ3v) is 5.15. The van der Waals surface area contributed by atoms with Crippen molar-refractivity contribution in [2.45, 2.75) is 13.0 Å². The predicted molar refractivity (Wildman–Crippen MR) is 113 cm³/mol. The summed E-state index contributed by atoms with van der Waals surface area (Å²) in [5.74, 6) is -0.0379. The molecule has 0 aliphatic carbocycles. The highest BCUT2D eigenvalue weighted by Gasteiger charge is 2.24. The molecule has 0 saturated carbocycles. The summed E-state index contributed by atoms with van der Waals surface area (Å²) in [4.78, 5) is 25.8. The van der Waals surface area contributed by atoms with E-state index < -0.39 is 4.92 Å². The van der Waals surface area contributed by atoms with E-state index in [9.17, 15) is 14.9 Å². The molecule has 4 rings (SSSR count). The Kier molecular flexibility index (Phi) is 5.20. The third-order valence-electron chi connectivity index (χ3n) is 5.15. The van der Waals surface area contributed by atoms with Gasteiger partial charge in [-0.05, 0) is 46.9 Å². The van der Waals surface area contributed by atoms with Crippen LogP contribution in [0.2, 0.25) is 0 Å². The lowest BCUT2D eigenvalue weighted by Crippen LogP contribution is -2.36. The first kappa shape index (κ1) is 18.6. The lowest BCUT2D eigenvalue weighted by Gasteiger charge is -2.29. The number of nitro groups is 1. The number of benzene rings is 3. The average Bonchev–Trinajstić information content (AvgIpc) is 2.77. The minimum Gasteiger partial charge on any atom is -0.334 e. The van der Waals surface area contributed by atoms with Gasteiger partial charge >= 0.3 is 0 Å². The van der Waals surface area contributed by atoms with Crippen LogP contribution in [-0.2, 0) is 17.8 Å². The summed E-state index contributed by atoms with van der Waals surface area (Å²) in [6, 6.07) is 24.0. The summed E-state index contributed by atoms with van der Waals surface area (Å²) in [6.45, 7) is 1.25. The van der Waals surface area contributed by atoms with Crippen LogP contribution in [-0.4, -0.2) is 22.3 Å². The molecule has 29 heavy (non-hydrogen) atoms. The first-order valence-corrected chi connectivity index (χ1v) is 9.49. The Bertz CT molecular complexity index is 1070. The summed E-state index contributed by atoms with van der Waals surface area (Å²) < 4.78 is 0. The minimum absolute atomic E-state index is 0.0300. The van der Waals surface area contributed by atoms with E-state index >= 15 is 0 Å². The van der Waals surface area contributed by atoms with Gasteiger partial charge in [-0.15, -0.1) is 0 Å². The van der Waals surface area contributed by atoms with Crippen LogP contribution in [0.5, 0.6) is 0 Å². The molecule has 0 fully saturated rings. The van der Waals surface area contributed by atoms with Crippen molar-refractivity contribution in [1.29, 1.82) is 0 Å². The fourth-order valence-corrected chi connectivity index (χ4v) is 3.58. The lowest BCUT2D eigenvalue weighted by atomic mass is 9.97. The van der Waals surface area contributed by atoms with E-state index in [4.69, 9.17) is 0 Å². The summed E-state index contributed by atoms with van der Waals surface area (Å²) in [7, 11) is 0. The molecule has 0 atom stereocenters. The van der Waals surface area contributed by atoms with Gasteiger partial charge in [0.25, 0.3) is 11.6 Å². The van der Waals surface area contributed by atoms with Crippen LogP contribution < -0.4 is 0 Å². The number of carbonyl (C=O) groups excluding carboxylic acids is 1. The predicted octanol–water partition coefficient (Wildman–Crippen LogP) is 4.72. The maximum absolute atomic E-state index is 13.4. The molecular weight excluding hydrogens is 364 g/mol. The Labute approximate surface area is 169 Å². The van der Waals surface area contributed by atoms with Crippen LogP contribution in [0.4, 0.5) is 5.69 Å². The molecule has 1 heterocycles. The zero-order valence-corrected chi connectivity index (χ0v) is 15.8. The molecule has 144 valence electrons. The van der Waals surface area contributed by atoms with Gasteiger partial charge in [0, 0.05) is 30.8 Å². The molecular formula is C24H20N2O3. The number of hydrogen-bond acceptors (Lipinski definition) is 3. The summed E-state index contributed by atoms with van der Waals surface area (Å²) >= 11 is 0. The van der Waals surface area contributed by atoms with Gasteiger partial charge in [-0.2, -0.15) is 0 Å². The second-order valence-electron chi connectivity index (χ2n) is 7.02. The van der Waals surface area contributed by atoms with Crippen molar-refractivity contribution < 1.29 is 9.72 Å². The summed E-state index contributed by atoms with van der Waals surface area (Å²) in [6.07, 6.45) is 2.64. The number of amides is 1. The molecule has 0 saturated heterocycles. The normalized spacial score (nSPS) is 13.7. The van der Waals surface area contributed by atoms with Gasteiger partial charge in [-0.1, -0.05) is 54.6 Å². The molecule has 1 aliphatic heterocycles. The maximum Gasteiger partial charge on any atom is 0.269 e. The Morgan fingerprint density at radius 1 is 0.897 bits per heavy atom. The SMILES string of the molecule is O=C(/C(=C/c1ccc([N+](=O)[O-])cc1)c1ccccc1)N1CCc2ccccc2C1. The highest BCUT2D eigenvalue weighted by molar-refractivity contribution is 6.24. The van der Waals surface area contributed by atoms with Crippen molar-refractivity contribution in [2.24, 2.45) is 0 Å². The van der Waals surface area contributed by atoms with E-state index in [1.165, 1.54) is 23.3 Å². The van der Waals surface area contributed by atoms with Gasteiger partial charge in [-0.25, -0.2) is 0 Å². The topological polar surface area (TPSA) is 63.4 Å². The number of fused-ring (bicyclic) bond motifs is 1. The zero-order valence-electron chi connectivity index (χ0n) is 15.8. The van der Waals surface area contributed by atoms with Gasteiger partial charge in [0.05, 0.1) is 4.92 Å². The molecule has 5 nitrogen and oxygen atoms in total. The fraction of sp³-hybridized carbons (Fsp3) is 0.125. The molecule has 1 aliphatic rings. The smallest absolute Gasteiger partial charge is 0.269 e. The molecule has 0 aromatic heterocycles. The second kappa shape index (κ2) is 8.10. The first-order chi connectivity index (χ1) is 14.1. The Balaban J connectivity index is 1.68. The van der Waals surface area contributed by atoms with Crippen molar-refractivity contribution in [3.8, 4) is 0 Å². The first-order valence-electron chi connectivity index (χ1n) is 9.49. The highest BCUT2D eigenvalue weighted by Crippen LogP contribution is 2.26. The van der Waals surface area contributed by atoms with E-state index in [2.05, 4.69) is 12.1 Å². The van der Waals surface area contributed by atoms with Crippen molar-refractivity contribution in [3.05, 3.63) is 111 Å². The van der Waals surface area contributed by atoms with Crippen LogP contribution in [0.15, 0.2) is 78.9 Å². The highest BCUT2D eigenvalue weighted by atomic mass is 16.6. The van der Waals surface area contributed by atoms with Crippen LogP contribution in [0.3, 0.4) is 0 Å². The molecule has 0 bridgehead atoms. The number of nitrogens with zero attached hydrogens (tertiary/aromatic N) is 2. The van der Waals surface area contributed by atoms with Gasteiger partial charge in [0.1, 0.15) is 0 Å². The number of rotatable bonds is 4. The van der Waals surface area contributed by atoms with E-state index in [1.807, 2.05) is 53.4 Å². The number of non-ortho nitro benzene ring substituents is 1. The largest absolute Gasteiger partial charge is 0.334 e. The van der Waals surface area contributed by atoms with E-state index in [-0.39, 0.29) is 11.6 Å². The molecule has 3 aromatic rings. The fourth-order valence-electron chi connectivity index (χ4n) is 3.58. The molecule has 5 heteroatoms. The number of carbonyl (C=O) groups is 1. The average molecular weight is 384 g/mol. The van der Waals surface area contributed by atoms with Crippen LogP contribution in [0.1, 0.15) is 22.3 Å². The quantitative estimate of drug-likeness (QED) is 0.283. The number of nitro benzene ring substituents is 1. The molecule has 0 radical (unpaired) electrons. The Morgan fingerprint density at radius 3 is 2.24 bits per heavy atom. The summed E-state index contributed by atoms with van der Waals surface area (Å²) in [5.41, 5.74) is 4.66. The van der Waals surface area contributed by atoms with E-state index in [0.29, 0.717) is 18.7 Å². The van der Waals surface area contributed by atoms with Crippen molar-refractivity contribution in [1.82, 2.24) is 4.90 Å². The summed E-state index contributed by atoms with van der Waals surface area (Å²) in [5, 5.41) is 10.9. The number of hydrogen-bond donors (Lipinski definition) is 0. The van der Waals surface area contributed by atoms with Gasteiger partial charge in [0.15, 0.2) is 0 Å². The Hall–Kier alpha value is -3.73. The van der Waals surface area contributed by atoms with Gasteiger partial charge in [0.2, 0.25) is 0 Å². The lowest BCUT2D eigenvalue weighted by molar-refractivity contribution is -0.384. The van der Waals surface area contributed by atoms with Crippen LogP contribution >= 0.6 is 0 Å². The standard InChI is InChI=1S/C24H20N2O3/c27-24(25-15-14-19-6-4-5-9-21(19)17-25)23(20-7-2-1-3-8-20)16-18-10-12-22(13-11-18)26(28)29/h1-13,16H,14-15,17H2/b23-16+. The minimum atomic E-state index is -0.429. The third kappa shape index (κ3) is 4.09. The maximum atomic E-state index is 13.4. The van der Waals surface area contributed by atoms with E-state index in [0.717, 1.165) is 17.5 Å². The molecule has 0 unspecified atom stereocenters. The molecule has 1 amide bonds. The van der Waals surface area contributed by atoms with Gasteiger partial charge in [-0.3, -0.25) is 14.9 Å². The van der Waals surface area contributed by atoms with E-state index in [1.54, 1.807) is 12.1 Å². The molecule has 0 N–H and O–H groups in total.